The highest BCUT2D eigenvalue weighted by atomic mass is 16.3. The molecule has 0 aromatic heterocycles. The van der Waals surface area contributed by atoms with E-state index in [0.29, 0.717) is 6.42 Å². The second-order valence-electron chi connectivity index (χ2n) is 9.48. The number of carbonyl (C=O) groups is 1. The maximum atomic E-state index is 11.9. The third kappa shape index (κ3) is 1.88. The van der Waals surface area contributed by atoms with E-state index in [1.54, 1.807) is 6.08 Å². The van der Waals surface area contributed by atoms with Crippen molar-refractivity contribution in [2.75, 3.05) is 0 Å². The lowest BCUT2D eigenvalue weighted by molar-refractivity contribution is -0.170. The van der Waals surface area contributed by atoms with Crippen molar-refractivity contribution in [1.82, 2.24) is 0 Å². The van der Waals surface area contributed by atoms with Crippen LogP contribution in [-0.2, 0) is 4.79 Å². The molecule has 4 nitrogen and oxygen atoms in total. The van der Waals surface area contributed by atoms with Gasteiger partial charge in [0.1, 0.15) is 6.10 Å². The van der Waals surface area contributed by atoms with Gasteiger partial charge in [-0.2, -0.15) is 0 Å². The summed E-state index contributed by atoms with van der Waals surface area (Å²) >= 11 is 0. The summed E-state index contributed by atoms with van der Waals surface area (Å²) in [6.45, 7) is 6.27. The van der Waals surface area contributed by atoms with Crippen LogP contribution in [0, 0.1) is 28.6 Å². The predicted molar refractivity (Wildman–Crippen MR) is 90.1 cm³/mol. The first-order valence-corrected chi connectivity index (χ1v) is 9.45. The number of ketones is 1. The molecule has 0 bridgehead atoms. The Balaban J connectivity index is 1.79. The number of aliphatic hydroxyl groups is 3. The Kier molecular flexibility index (Phi) is 3.44. The zero-order valence-corrected chi connectivity index (χ0v) is 15.0. The van der Waals surface area contributed by atoms with Crippen molar-refractivity contribution in [3.8, 4) is 0 Å². The molecule has 4 aliphatic carbocycles. The van der Waals surface area contributed by atoms with E-state index in [2.05, 4.69) is 13.8 Å². The average molecular weight is 334 g/mol. The van der Waals surface area contributed by atoms with E-state index >= 15 is 0 Å². The van der Waals surface area contributed by atoms with Crippen molar-refractivity contribution in [3.05, 3.63) is 11.6 Å². The normalized spacial score (nSPS) is 57.0. The average Bonchev–Trinajstić information content (AvgIpc) is 2.77. The fraction of sp³-hybridized carbons (Fsp3) is 0.850. The maximum absolute atomic E-state index is 11.9. The first kappa shape index (κ1) is 16.7. The Morgan fingerprint density at radius 1 is 1.04 bits per heavy atom. The summed E-state index contributed by atoms with van der Waals surface area (Å²) in [5, 5.41) is 32.7. The molecular weight excluding hydrogens is 304 g/mol. The molecule has 3 saturated carbocycles. The third-order valence-corrected chi connectivity index (χ3v) is 8.62. The van der Waals surface area contributed by atoms with Crippen LogP contribution in [0.2, 0.25) is 0 Å². The van der Waals surface area contributed by atoms with Crippen molar-refractivity contribution >= 4 is 5.78 Å². The molecule has 0 heterocycles. The molecule has 0 saturated heterocycles. The molecule has 0 aromatic carbocycles. The Morgan fingerprint density at radius 2 is 1.71 bits per heavy atom. The van der Waals surface area contributed by atoms with Crippen molar-refractivity contribution in [1.29, 1.82) is 0 Å². The number of hydrogen-bond acceptors (Lipinski definition) is 4. The van der Waals surface area contributed by atoms with Crippen molar-refractivity contribution in [3.63, 3.8) is 0 Å². The van der Waals surface area contributed by atoms with Gasteiger partial charge in [-0.05, 0) is 79.3 Å². The van der Waals surface area contributed by atoms with Gasteiger partial charge in [0.25, 0.3) is 0 Å². The minimum atomic E-state index is -0.951. The van der Waals surface area contributed by atoms with Crippen molar-refractivity contribution < 1.29 is 20.1 Å². The standard InChI is InChI=1S/C20H30O4/c1-18-7-4-11(21)10-14(18)16(22)17(23)15-12(18)5-8-19(2)13(15)6-9-20(19,3)24/h10,12-13,15-17,22-24H,4-9H2,1-3H3/t12-,13+,15-,16?,17?,18-,19+,20?/m1/s1. The highest BCUT2D eigenvalue weighted by molar-refractivity contribution is 5.92. The molecule has 8 atom stereocenters. The van der Waals surface area contributed by atoms with E-state index in [0.717, 1.165) is 37.7 Å². The first-order chi connectivity index (χ1) is 11.1. The van der Waals surface area contributed by atoms with Crippen LogP contribution in [0.5, 0.6) is 0 Å². The Labute approximate surface area is 144 Å². The van der Waals surface area contributed by atoms with Gasteiger partial charge >= 0.3 is 0 Å². The number of aliphatic hydroxyl groups excluding tert-OH is 2. The van der Waals surface area contributed by atoms with Gasteiger partial charge < -0.3 is 15.3 Å². The van der Waals surface area contributed by atoms with Crippen LogP contribution in [0.4, 0.5) is 0 Å². The molecule has 0 aromatic rings. The minimum Gasteiger partial charge on any atom is -0.390 e. The third-order valence-electron chi connectivity index (χ3n) is 8.62. The molecule has 24 heavy (non-hydrogen) atoms. The largest absolute Gasteiger partial charge is 0.390 e. The van der Waals surface area contributed by atoms with Gasteiger partial charge in [-0.3, -0.25) is 4.79 Å². The summed E-state index contributed by atoms with van der Waals surface area (Å²) in [7, 11) is 0. The van der Waals surface area contributed by atoms with E-state index in [9.17, 15) is 20.1 Å². The molecule has 3 fully saturated rings. The smallest absolute Gasteiger partial charge is 0.155 e. The van der Waals surface area contributed by atoms with Crippen LogP contribution in [0.15, 0.2) is 11.6 Å². The molecule has 0 aliphatic heterocycles. The van der Waals surface area contributed by atoms with Crippen LogP contribution in [0.3, 0.4) is 0 Å². The second-order valence-corrected chi connectivity index (χ2v) is 9.48. The second kappa shape index (κ2) is 4.93. The molecule has 4 rings (SSSR count). The van der Waals surface area contributed by atoms with Gasteiger partial charge in [0.05, 0.1) is 11.7 Å². The van der Waals surface area contributed by atoms with E-state index in [1.165, 1.54) is 0 Å². The summed E-state index contributed by atoms with van der Waals surface area (Å²) in [5.41, 5.74) is -0.350. The summed E-state index contributed by atoms with van der Waals surface area (Å²) in [6, 6.07) is 0. The number of rotatable bonds is 0. The fourth-order valence-electron chi connectivity index (χ4n) is 6.81. The SMILES string of the molecule is CC1(O)CC[C@H]2[C@@H]3C(O)C(O)C4=CC(=O)CC[C@]4(C)[C@@H]3CC[C@@]21C. The topological polar surface area (TPSA) is 77.8 Å². The minimum absolute atomic E-state index is 0.00285. The van der Waals surface area contributed by atoms with E-state index in [1.807, 2.05) is 6.92 Å². The molecular formula is C20H30O4. The molecule has 3 unspecified atom stereocenters. The predicted octanol–water partition coefficient (Wildman–Crippen LogP) is 2.21. The van der Waals surface area contributed by atoms with Gasteiger partial charge in [-0.1, -0.05) is 13.8 Å². The molecule has 0 radical (unpaired) electrons. The van der Waals surface area contributed by atoms with E-state index in [4.69, 9.17) is 0 Å². The highest BCUT2D eigenvalue weighted by Gasteiger charge is 2.65. The summed E-state index contributed by atoms with van der Waals surface area (Å²) < 4.78 is 0. The van der Waals surface area contributed by atoms with Gasteiger partial charge in [0.15, 0.2) is 5.78 Å². The highest BCUT2D eigenvalue weighted by Crippen LogP contribution is 2.67. The zero-order chi connectivity index (χ0) is 17.5. The van der Waals surface area contributed by atoms with Crippen LogP contribution in [0.1, 0.15) is 59.3 Å². The maximum Gasteiger partial charge on any atom is 0.155 e. The Bertz CT molecular complexity index is 609. The first-order valence-electron chi connectivity index (χ1n) is 9.45. The number of carbonyl (C=O) groups excluding carboxylic acids is 1. The lowest BCUT2D eigenvalue weighted by Gasteiger charge is -2.61. The molecule has 134 valence electrons. The molecule has 0 amide bonds. The Morgan fingerprint density at radius 3 is 2.42 bits per heavy atom. The quantitative estimate of drug-likeness (QED) is 0.635. The lowest BCUT2D eigenvalue weighted by Crippen LogP contribution is -2.61. The van der Waals surface area contributed by atoms with Crippen molar-refractivity contribution in [2.45, 2.75) is 77.1 Å². The van der Waals surface area contributed by atoms with Gasteiger partial charge in [-0.25, -0.2) is 0 Å². The van der Waals surface area contributed by atoms with Gasteiger partial charge in [0.2, 0.25) is 0 Å². The molecule has 4 aliphatic rings. The summed E-state index contributed by atoms with van der Waals surface area (Å²) in [6.07, 6.45) is 4.68. The zero-order valence-electron chi connectivity index (χ0n) is 15.0. The number of hydrogen-bond donors (Lipinski definition) is 3. The molecule has 3 N–H and O–H groups in total. The van der Waals surface area contributed by atoms with E-state index in [-0.39, 0.29) is 34.4 Å². The van der Waals surface area contributed by atoms with Gasteiger partial charge in [0, 0.05) is 6.42 Å². The Hall–Kier alpha value is -0.710. The van der Waals surface area contributed by atoms with Crippen LogP contribution >= 0.6 is 0 Å². The van der Waals surface area contributed by atoms with Crippen LogP contribution < -0.4 is 0 Å². The van der Waals surface area contributed by atoms with Crippen LogP contribution in [0.25, 0.3) is 0 Å². The van der Waals surface area contributed by atoms with Crippen LogP contribution in [-0.4, -0.2) is 38.9 Å². The monoisotopic (exact) mass is 334 g/mol. The molecule has 0 spiro atoms. The summed E-state index contributed by atoms with van der Waals surface area (Å²) in [5.74, 6) is 0.578. The number of fused-ring (bicyclic) bond motifs is 5. The lowest BCUT2D eigenvalue weighted by atomic mass is 9.45. The van der Waals surface area contributed by atoms with E-state index < -0.39 is 17.8 Å². The fourth-order valence-corrected chi connectivity index (χ4v) is 6.81. The van der Waals surface area contributed by atoms with Crippen molar-refractivity contribution in [2.24, 2.45) is 28.6 Å². The van der Waals surface area contributed by atoms with Gasteiger partial charge in [-0.15, -0.1) is 0 Å². The summed E-state index contributed by atoms with van der Waals surface area (Å²) in [4.78, 5) is 11.9. The molecule has 4 heteroatoms.